The van der Waals surface area contributed by atoms with Crippen molar-refractivity contribution >= 4 is 81.2 Å². The predicted molar refractivity (Wildman–Crippen MR) is 85.8 cm³/mol. The number of rotatable bonds is 1. The van der Waals surface area contributed by atoms with E-state index < -0.39 is 0 Å². The number of hydrogen-bond donors (Lipinski definition) is 0. The van der Waals surface area contributed by atoms with Crippen molar-refractivity contribution in [3.63, 3.8) is 0 Å². The summed E-state index contributed by atoms with van der Waals surface area (Å²) in [4.78, 5) is 0. The van der Waals surface area contributed by atoms with Gasteiger partial charge in [0.25, 0.3) is 0 Å². The molecule has 1 radical (unpaired) electrons. The molecule has 0 aromatic heterocycles. The number of hydrogen-bond acceptors (Lipinski definition) is 0. The van der Waals surface area contributed by atoms with Crippen molar-refractivity contribution in [2.45, 2.75) is 0 Å². The van der Waals surface area contributed by atoms with Crippen molar-refractivity contribution in [2.24, 2.45) is 0 Å². The van der Waals surface area contributed by atoms with E-state index in [2.05, 4.69) is 6.07 Å². The summed E-state index contributed by atoms with van der Waals surface area (Å²) in [6, 6.07) is 6.06. The summed E-state index contributed by atoms with van der Waals surface area (Å²) in [6.07, 6.45) is 0. The second-order valence-corrected chi connectivity index (χ2v) is 6.15. The van der Waals surface area contributed by atoms with Crippen LogP contribution < -0.4 is 0 Å². The summed E-state index contributed by atoms with van der Waals surface area (Å²) < 4.78 is 0. The minimum Gasteiger partial charge on any atom is -0.0827 e. The summed E-state index contributed by atoms with van der Waals surface area (Å²) in [5.74, 6) is 0. The lowest BCUT2D eigenvalue weighted by molar-refractivity contribution is 1.60. The molecule has 0 saturated heterocycles. The fourth-order valence-corrected chi connectivity index (χ4v) is 2.92. The van der Waals surface area contributed by atoms with Crippen LogP contribution in [0.3, 0.4) is 0 Å². The first-order valence-electron chi connectivity index (χ1n) is 4.73. The fraction of sp³-hybridized carbons (Fsp3) is 0. The highest BCUT2D eigenvalue weighted by molar-refractivity contribution is 6.53. The zero-order valence-electron chi connectivity index (χ0n) is 8.80. The molecule has 0 amide bonds. The van der Waals surface area contributed by atoms with Gasteiger partial charge in [-0.05, 0) is 6.07 Å². The highest BCUT2D eigenvalue weighted by atomic mass is 35.5. The van der Waals surface area contributed by atoms with Gasteiger partial charge in [0.15, 0.2) is 0 Å². The zero-order valence-corrected chi connectivity index (χ0v) is 14.1. The maximum absolute atomic E-state index is 6.14. The number of halogens is 7. The molecule has 0 bridgehead atoms. The van der Waals surface area contributed by atoms with Crippen LogP contribution in [-0.2, 0) is 0 Å². The Bertz CT molecular complexity index is 664. The third-order valence-electron chi connectivity index (χ3n) is 2.34. The average molecular weight is 394 g/mol. The molecule has 2 aromatic carbocycles. The first-order chi connectivity index (χ1) is 8.84. The Labute approximate surface area is 145 Å². The van der Waals surface area contributed by atoms with E-state index in [0.717, 1.165) is 0 Å². The zero-order chi connectivity index (χ0) is 14.3. The van der Waals surface area contributed by atoms with Gasteiger partial charge in [0.1, 0.15) is 0 Å². The van der Waals surface area contributed by atoms with Gasteiger partial charge in [-0.15, -0.1) is 0 Å². The Morgan fingerprint density at radius 1 is 0.632 bits per heavy atom. The van der Waals surface area contributed by atoms with Gasteiger partial charge in [0.05, 0.1) is 35.2 Å². The summed E-state index contributed by atoms with van der Waals surface area (Å²) in [7, 11) is 0. The van der Waals surface area contributed by atoms with Crippen molar-refractivity contribution in [3.05, 3.63) is 53.4 Å². The molecular weight excluding hydrogens is 392 g/mol. The molecule has 0 N–H and O–H groups in total. The smallest absolute Gasteiger partial charge is 0.0800 e. The van der Waals surface area contributed by atoms with Crippen molar-refractivity contribution in [1.29, 1.82) is 0 Å². The van der Waals surface area contributed by atoms with Crippen LogP contribution in [0.15, 0.2) is 12.1 Å². The lowest BCUT2D eigenvalue weighted by Crippen LogP contribution is -1.87. The van der Waals surface area contributed by atoms with Crippen LogP contribution in [0.25, 0.3) is 11.1 Å². The minimum absolute atomic E-state index is 0.129. The molecule has 0 aliphatic carbocycles. The maximum atomic E-state index is 6.14. The molecule has 19 heavy (non-hydrogen) atoms. The number of benzene rings is 2. The van der Waals surface area contributed by atoms with Gasteiger partial charge < -0.3 is 0 Å². The minimum atomic E-state index is 0.129. The predicted octanol–water partition coefficient (Wildman–Crippen LogP) is 7.73. The summed E-state index contributed by atoms with van der Waals surface area (Å²) >= 11 is 41.9. The average Bonchev–Trinajstić information content (AvgIpc) is 2.39. The van der Waals surface area contributed by atoms with E-state index in [1.54, 1.807) is 12.1 Å². The molecule has 2 rings (SSSR count). The summed E-state index contributed by atoms with van der Waals surface area (Å²) in [6.45, 7) is 0. The van der Waals surface area contributed by atoms with E-state index in [4.69, 9.17) is 81.2 Å². The molecule has 0 unspecified atom stereocenters. The Kier molecular flexibility index (Phi) is 5.07. The van der Waals surface area contributed by atoms with Crippen LogP contribution in [0, 0.1) is 6.07 Å². The maximum Gasteiger partial charge on any atom is 0.0800 e. The molecular formula is C12H2Cl7. The van der Waals surface area contributed by atoms with E-state index in [-0.39, 0.29) is 30.1 Å². The quantitative estimate of drug-likeness (QED) is 0.343. The molecule has 0 aliphatic rings. The Balaban J connectivity index is 2.77. The molecule has 0 nitrogen and oxygen atoms in total. The third-order valence-corrected chi connectivity index (χ3v) is 5.34. The van der Waals surface area contributed by atoms with Gasteiger partial charge in [-0.3, -0.25) is 0 Å². The first kappa shape index (κ1) is 15.9. The van der Waals surface area contributed by atoms with E-state index in [0.29, 0.717) is 16.1 Å². The van der Waals surface area contributed by atoms with E-state index in [1.807, 2.05) is 0 Å². The summed E-state index contributed by atoms with van der Waals surface area (Å²) in [5.41, 5.74) is 0.922. The lowest BCUT2D eigenvalue weighted by atomic mass is 10.1. The van der Waals surface area contributed by atoms with Crippen LogP contribution in [0.2, 0.25) is 35.2 Å². The van der Waals surface area contributed by atoms with Crippen molar-refractivity contribution in [1.82, 2.24) is 0 Å². The largest absolute Gasteiger partial charge is 0.0827 e. The molecule has 0 aliphatic heterocycles. The first-order valence-corrected chi connectivity index (χ1v) is 7.38. The molecule has 7 heteroatoms. The van der Waals surface area contributed by atoms with Gasteiger partial charge in [-0.2, -0.15) is 0 Å². The monoisotopic (exact) mass is 391 g/mol. The van der Waals surface area contributed by atoms with Crippen LogP contribution in [0.4, 0.5) is 0 Å². The molecule has 0 atom stereocenters. The molecule has 0 spiro atoms. The van der Waals surface area contributed by atoms with E-state index >= 15 is 0 Å². The van der Waals surface area contributed by atoms with Crippen LogP contribution in [0.5, 0.6) is 0 Å². The van der Waals surface area contributed by atoms with Gasteiger partial charge in [-0.25, -0.2) is 0 Å². The molecule has 0 fully saturated rings. The van der Waals surface area contributed by atoms with E-state index in [9.17, 15) is 0 Å². The normalized spacial score (nSPS) is 10.9. The van der Waals surface area contributed by atoms with E-state index in [1.165, 1.54) is 0 Å². The second kappa shape index (κ2) is 6.07. The van der Waals surface area contributed by atoms with Gasteiger partial charge in [0, 0.05) is 17.2 Å². The third kappa shape index (κ3) is 2.91. The lowest BCUT2D eigenvalue weighted by Gasteiger charge is -2.11. The molecule has 99 valence electrons. The van der Waals surface area contributed by atoms with Crippen LogP contribution in [0.1, 0.15) is 0 Å². The van der Waals surface area contributed by atoms with Gasteiger partial charge in [0.2, 0.25) is 0 Å². The fourth-order valence-electron chi connectivity index (χ4n) is 1.43. The van der Waals surface area contributed by atoms with Crippen molar-refractivity contribution in [2.75, 3.05) is 0 Å². The SMILES string of the molecule is Clc1[c]c(-c2ccc(Cl)c(Cl)c2Cl)c(Cl)c(Cl)c1Cl. The topological polar surface area (TPSA) is 0 Å². The standard InChI is InChI=1S/C12H2Cl7/c13-6-2-1-4(8(15)10(6)17)5-3-7(14)11(18)12(19)9(5)16/h1-2H. The van der Waals surface area contributed by atoms with Crippen molar-refractivity contribution in [3.8, 4) is 11.1 Å². The second-order valence-electron chi connectivity index (χ2n) is 3.48. The Hall–Kier alpha value is 0.470. The Morgan fingerprint density at radius 2 is 1.26 bits per heavy atom. The van der Waals surface area contributed by atoms with Gasteiger partial charge in [-0.1, -0.05) is 87.3 Å². The Morgan fingerprint density at radius 3 is 1.89 bits per heavy atom. The van der Waals surface area contributed by atoms with Crippen molar-refractivity contribution < 1.29 is 0 Å². The highest BCUT2D eigenvalue weighted by Gasteiger charge is 2.18. The molecule has 0 heterocycles. The van der Waals surface area contributed by atoms with Crippen LogP contribution in [-0.4, -0.2) is 0 Å². The van der Waals surface area contributed by atoms with Crippen LogP contribution >= 0.6 is 81.2 Å². The summed E-state index contributed by atoms with van der Waals surface area (Å²) in [5, 5.41) is 1.38. The molecule has 2 aromatic rings. The molecule has 0 saturated carbocycles. The highest BCUT2D eigenvalue weighted by Crippen LogP contribution is 2.45. The van der Waals surface area contributed by atoms with Gasteiger partial charge >= 0.3 is 0 Å².